The topological polar surface area (TPSA) is 169 Å². The molecule has 3 aromatic carbocycles. The van der Waals surface area contributed by atoms with E-state index in [1.54, 1.807) is 30.3 Å². The molecule has 9 heteroatoms. The van der Waals surface area contributed by atoms with E-state index in [-0.39, 0.29) is 11.8 Å². The second kappa shape index (κ2) is 10.4. The second-order valence-corrected chi connectivity index (χ2v) is 9.74. The largest absolute Gasteiger partial charge is 0.399 e. The SMILES string of the molecule is Cc1cc(-c2nc3ccc(N)c(C=N)c3c3c2CC(C(=O)Nc2ccc(N(C=N)C=N)cc2)CC3)ccc1N. The smallest absolute Gasteiger partial charge is 0.227 e. The van der Waals surface area contributed by atoms with Crippen LogP contribution in [0.1, 0.15) is 28.7 Å². The minimum atomic E-state index is -0.269. The third kappa shape index (κ3) is 4.70. The number of aryl methyl sites for hydroxylation is 2. The van der Waals surface area contributed by atoms with Gasteiger partial charge in [-0.1, -0.05) is 6.07 Å². The summed E-state index contributed by atoms with van der Waals surface area (Å²) in [4.78, 5) is 19.8. The number of rotatable bonds is 7. The summed E-state index contributed by atoms with van der Waals surface area (Å²) < 4.78 is 0. The van der Waals surface area contributed by atoms with Crippen LogP contribution in [0.2, 0.25) is 0 Å². The maximum Gasteiger partial charge on any atom is 0.227 e. The van der Waals surface area contributed by atoms with Gasteiger partial charge in [-0.15, -0.1) is 0 Å². The molecule has 4 aromatic rings. The lowest BCUT2D eigenvalue weighted by molar-refractivity contribution is -0.120. The second-order valence-electron chi connectivity index (χ2n) is 9.74. The molecule has 0 saturated heterocycles. The van der Waals surface area contributed by atoms with Crippen molar-refractivity contribution < 1.29 is 4.79 Å². The minimum Gasteiger partial charge on any atom is -0.399 e. The zero-order chi connectivity index (χ0) is 27.7. The van der Waals surface area contributed by atoms with Gasteiger partial charge in [-0.3, -0.25) is 20.5 Å². The number of hydrogen-bond acceptors (Lipinski definition) is 7. The Morgan fingerprint density at radius 3 is 2.38 bits per heavy atom. The number of anilines is 4. The Hall–Kier alpha value is -5.05. The van der Waals surface area contributed by atoms with Gasteiger partial charge in [0.25, 0.3) is 0 Å². The quantitative estimate of drug-likeness (QED) is 0.113. The third-order valence-corrected chi connectivity index (χ3v) is 7.40. The molecule has 0 saturated carbocycles. The molecule has 0 radical (unpaired) electrons. The average Bonchev–Trinajstić information content (AvgIpc) is 2.95. The summed E-state index contributed by atoms with van der Waals surface area (Å²) in [6.07, 6.45) is 5.20. The van der Waals surface area contributed by atoms with Crippen LogP contribution >= 0.6 is 0 Å². The van der Waals surface area contributed by atoms with E-state index in [9.17, 15) is 4.79 Å². The zero-order valence-corrected chi connectivity index (χ0v) is 21.6. The Kier molecular flexibility index (Phi) is 6.81. The summed E-state index contributed by atoms with van der Waals surface area (Å²) in [7, 11) is 0. The van der Waals surface area contributed by atoms with Crippen molar-refractivity contribution in [1.82, 2.24) is 4.98 Å². The van der Waals surface area contributed by atoms with Gasteiger partial charge in [-0.05, 0) is 91.4 Å². The molecule has 1 heterocycles. The van der Waals surface area contributed by atoms with E-state index in [2.05, 4.69) is 5.32 Å². The van der Waals surface area contributed by atoms with Gasteiger partial charge in [0.05, 0.1) is 23.9 Å². The Morgan fingerprint density at radius 2 is 1.72 bits per heavy atom. The van der Waals surface area contributed by atoms with E-state index >= 15 is 0 Å². The number of carbonyl (C=O) groups is 1. The molecule has 1 unspecified atom stereocenters. The first-order valence-corrected chi connectivity index (χ1v) is 12.7. The van der Waals surface area contributed by atoms with Crippen LogP contribution in [0.15, 0.2) is 54.6 Å². The molecule has 1 aliphatic carbocycles. The van der Waals surface area contributed by atoms with Gasteiger partial charge in [0.1, 0.15) is 0 Å². The van der Waals surface area contributed by atoms with Crippen molar-refractivity contribution >= 4 is 58.5 Å². The average molecular weight is 519 g/mol. The third-order valence-electron chi connectivity index (χ3n) is 7.40. The minimum absolute atomic E-state index is 0.0799. The molecule has 9 nitrogen and oxygen atoms in total. The molecule has 0 aliphatic heterocycles. The van der Waals surface area contributed by atoms with Crippen LogP contribution in [0.25, 0.3) is 22.2 Å². The molecular weight excluding hydrogens is 488 g/mol. The van der Waals surface area contributed by atoms with Crippen molar-refractivity contribution in [3.63, 3.8) is 0 Å². The highest BCUT2D eigenvalue weighted by atomic mass is 16.1. The molecule has 0 fully saturated rings. The molecule has 39 heavy (non-hydrogen) atoms. The van der Waals surface area contributed by atoms with E-state index in [0.29, 0.717) is 47.6 Å². The molecule has 1 atom stereocenters. The number of nitrogens with zero attached hydrogens (tertiary/aromatic N) is 2. The van der Waals surface area contributed by atoms with Gasteiger partial charge in [-0.2, -0.15) is 0 Å². The van der Waals surface area contributed by atoms with Crippen molar-refractivity contribution in [3.8, 4) is 11.3 Å². The molecule has 0 bridgehead atoms. The molecule has 1 aliphatic rings. The van der Waals surface area contributed by atoms with Crippen molar-refractivity contribution in [2.75, 3.05) is 21.7 Å². The molecule has 5 rings (SSSR count). The number of nitrogens with two attached hydrogens (primary N) is 2. The predicted octanol–water partition coefficient (Wildman–Crippen LogP) is 5.14. The van der Waals surface area contributed by atoms with Crippen molar-refractivity contribution in [1.29, 1.82) is 16.2 Å². The van der Waals surface area contributed by atoms with E-state index in [1.807, 2.05) is 31.2 Å². The Balaban J connectivity index is 1.53. The van der Waals surface area contributed by atoms with Gasteiger partial charge in [-0.25, -0.2) is 4.98 Å². The number of aromatic nitrogens is 1. The lowest BCUT2D eigenvalue weighted by Crippen LogP contribution is -2.29. The van der Waals surface area contributed by atoms with Crippen LogP contribution in [0.3, 0.4) is 0 Å². The number of pyridine rings is 1. The number of carbonyl (C=O) groups excluding carboxylic acids is 1. The normalized spacial score (nSPS) is 14.3. The number of amides is 1. The van der Waals surface area contributed by atoms with Crippen LogP contribution in [0, 0.1) is 29.1 Å². The lowest BCUT2D eigenvalue weighted by atomic mass is 9.79. The molecule has 0 spiro atoms. The standard InChI is InChI=1S/C30H30N8O/c1-17-12-18(3-9-25(17)34)29-23-13-19(30(39)36-20-4-6-21(7-5-20)38(15-32)16-33)2-8-22(23)28-24(14-31)26(35)10-11-27(28)37-29/h3-7,9-12,14-16,19,31-33H,2,8,13,34-35H2,1H3,(H,36,39). The van der Waals surface area contributed by atoms with Crippen LogP contribution in [-0.2, 0) is 17.6 Å². The van der Waals surface area contributed by atoms with Gasteiger partial charge < -0.3 is 22.2 Å². The molecular formula is C30H30N8O. The van der Waals surface area contributed by atoms with Crippen molar-refractivity contribution in [3.05, 3.63) is 76.9 Å². The summed E-state index contributed by atoms with van der Waals surface area (Å²) >= 11 is 0. The first-order valence-electron chi connectivity index (χ1n) is 12.7. The van der Waals surface area contributed by atoms with E-state index in [1.165, 1.54) is 11.1 Å². The number of nitrogen functional groups attached to an aromatic ring is 2. The Labute approximate surface area is 226 Å². The maximum absolute atomic E-state index is 13.4. The zero-order valence-electron chi connectivity index (χ0n) is 21.6. The summed E-state index contributed by atoms with van der Waals surface area (Å²) in [5.74, 6) is -0.349. The molecule has 1 aromatic heterocycles. The van der Waals surface area contributed by atoms with Crippen LogP contribution in [0.5, 0.6) is 0 Å². The lowest BCUT2D eigenvalue weighted by Gasteiger charge is -2.28. The Bertz CT molecular complexity index is 1620. The first-order chi connectivity index (χ1) is 18.8. The van der Waals surface area contributed by atoms with E-state index in [0.717, 1.165) is 51.5 Å². The van der Waals surface area contributed by atoms with Gasteiger partial charge >= 0.3 is 0 Å². The monoisotopic (exact) mass is 518 g/mol. The molecule has 196 valence electrons. The van der Waals surface area contributed by atoms with Crippen LogP contribution in [-0.4, -0.2) is 29.8 Å². The fourth-order valence-corrected chi connectivity index (χ4v) is 5.27. The first kappa shape index (κ1) is 25.6. The van der Waals surface area contributed by atoms with E-state index in [4.69, 9.17) is 32.7 Å². The summed E-state index contributed by atoms with van der Waals surface area (Å²) in [6.45, 7) is 1.96. The highest BCUT2D eigenvalue weighted by Gasteiger charge is 2.30. The number of hydrogen-bond donors (Lipinski definition) is 6. The van der Waals surface area contributed by atoms with Gasteiger partial charge in [0.2, 0.25) is 5.91 Å². The summed E-state index contributed by atoms with van der Waals surface area (Å²) in [6, 6.07) is 16.6. The fraction of sp³-hybridized carbons (Fsp3) is 0.167. The van der Waals surface area contributed by atoms with Crippen LogP contribution < -0.4 is 21.7 Å². The van der Waals surface area contributed by atoms with Crippen molar-refractivity contribution in [2.24, 2.45) is 5.92 Å². The highest BCUT2D eigenvalue weighted by molar-refractivity contribution is 6.06. The predicted molar refractivity (Wildman–Crippen MR) is 159 cm³/mol. The molecule has 8 N–H and O–H groups in total. The highest BCUT2D eigenvalue weighted by Crippen LogP contribution is 2.39. The number of nitrogens with one attached hydrogen (secondary N) is 4. The van der Waals surface area contributed by atoms with Gasteiger partial charge in [0, 0.05) is 51.4 Å². The summed E-state index contributed by atoms with van der Waals surface area (Å²) in [5, 5.41) is 26.7. The van der Waals surface area contributed by atoms with Crippen LogP contribution in [0.4, 0.5) is 22.7 Å². The Morgan fingerprint density at radius 1 is 1.00 bits per heavy atom. The number of fused-ring (bicyclic) bond motifs is 3. The summed E-state index contributed by atoms with van der Waals surface area (Å²) in [5.41, 5.74) is 21.1. The van der Waals surface area contributed by atoms with Gasteiger partial charge in [0.15, 0.2) is 0 Å². The number of benzene rings is 3. The maximum atomic E-state index is 13.4. The van der Waals surface area contributed by atoms with E-state index < -0.39 is 0 Å². The van der Waals surface area contributed by atoms with Crippen molar-refractivity contribution in [2.45, 2.75) is 26.2 Å². The fourth-order valence-electron chi connectivity index (χ4n) is 5.27. The molecule has 1 amide bonds.